The van der Waals surface area contributed by atoms with Crippen molar-refractivity contribution in [1.29, 1.82) is 0 Å². The first kappa shape index (κ1) is 10.7. The van der Waals surface area contributed by atoms with Crippen molar-refractivity contribution in [3.05, 3.63) is 34.3 Å². The van der Waals surface area contributed by atoms with Gasteiger partial charge in [0.1, 0.15) is 5.56 Å². The number of nitrogen functional groups attached to an aromatic ring is 1. The van der Waals surface area contributed by atoms with Gasteiger partial charge in [0.25, 0.3) is 5.91 Å². The number of hydrogen-bond acceptors (Lipinski definition) is 3. The minimum atomic E-state index is -0.593. The van der Waals surface area contributed by atoms with Crippen molar-refractivity contribution in [3.63, 3.8) is 0 Å². The van der Waals surface area contributed by atoms with Crippen LogP contribution in [0.25, 0.3) is 11.3 Å². The number of carbonyl (C=O) groups is 1. The molecule has 2 aromatic rings. The van der Waals surface area contributed by atoms with Crippen molar-refractivity contribution < 1.29 is 4.79 Å². The van der Waals surface area contributed by atoms with Crippen LogP contribution in [0.15, 0.2) is 28.7 Å². The molecule has 5 nitrogen and oxygen atoms in total. The molecule has 5 N–H and O–H groups in total. The van der Waals surface area contributed by atoms with Crippen LogP contribution in [-0.2, 0) is 0 Å². The molecular weight excluding hydrogens is 272 g/mol. The van der Waals surface area contributed by atoms with Crippen LogP contribution in [0.2, 0.25) is 0 Å². The van der Waals surface area contributed by atoms with Crippen LogP contribution in [0.3, 0.4) is 0 Å². The summed E-state index contributed by atoms with van der Waals surface area (Å²) in [4.78, 5) is 11.2. The lowest BCUT2D eigenvalue weighted by molar-refractivity contribution is 0.100. The monoisotopic (exact) mass is 280 g/mol. The third-order valence-electron chi connectivity index (χ3n) is 2.17. The summed E-state index contributed by atoms with van der Waals surface area (Å²) >= 11 is 3.33. The lowest BCUT2D eigenvalue weighted by Gasteiger charge is -2.00. The third-order valence-corrected chi connectivity index (χ3v) is 2.70. The van der Waals surface area contributed by atoms with Gasteiger partial charge in [0.05, 0.1) is 5.69 Å². The highest BCUT2D eigenvalue weighted by Gasteiger charge is 2.17. The highest BCUT2D eigenvalue weighted by molar-refractivity contribution is 9.10. The van der Waals surface area contributed by atoms with E-state index in [1.54, 1.807) is 0 Å². The first-order valence-electron chi connectivity index (χ1n) is 4.49. The van der Waals surface area contributed by atoms with E-state index in [2.05, 4.69) is 26.1 Å². The zero-order valence-corrected chi connectivity index (χ0v) is 9.78. The highest BCUT2D eigenvalue weighted by Crippen LogP contribution is 2.25. The molecule has 0 atom stereocenters. The predicted molar refractivity (Wildman–Crippen MR) is 64.7 cm³/mol. The van der Waals surface area contributed by atoms with Crippen LogP contribution < -0.4 is 11.5 Å². The largest absolute Gasteiger partial charge is 0.382 e. The molecular formula is C10H9BrN4O. The molecule has 0 aliphatic carbocycles. The fourth-order valence-electron chi connectivity index (χ4n) is 1.43. The maximum atomic E-state index is 11.2. The van der Waals surface area contributed by atoms with Crippen LogP contribution >= 0.6 is 15.9 Å². The number of benzene rings is 1. The number of carbonyl (C=O) groups excluding carboxylic acids is 1. The van der Waals surface area contributed by atoms with Crippen LogP contribution in [0, 0.1) is 0 Å². The van der Waals surface area contributed by atoms with Crippen molar-refractivity contribution in [2.45, 2.75) is 0 Å². The molecule has 0 bridgehead atoms. The minimum absolute atomic E-state index is 0.116. The number of amides is 1. The second-order valence-electron chi connectivity index (χ2n) is 3.23. The van der Waals surface area contributed by atoms with E-state index >= 15 is 0 Å². The molecule has 0 aliphatic heterocycles. The maximum absolute atomic E-state index is 11.2. The Morgan fingerprint density at radius 1 is 1.31 bits per heavy atom. The van der Waals surface area contributed by atoms with Gasteiger partial charge in [-0.1, -0.05) is 28.1 Å². The van der Waals surface area contributed by atoms with Gasteiger partial charge in [0, 0.05) is 10.0 Å². The van der Waals surface area contributed by atoms with Gasteiger partial charge < -0.3 is 11.5 Å². The van der Waals surface area contributed by atoms with Crippen LogP contribution in [0.5, 0.6) is 0 Å². The SMILES string of the molecule is NC(=O)c1c(N)n[nH]c1-c1ccc(Br)cc1. The summed E-state index contributed by atoms with van der Waals surface area (Å²) in [5.74, 6) is -0.477. The zero-order valence-electron chi connectivity index (χ0n) is 8.20. The number of nitrogens with one attached hydrogen (secondary N) is 1. The van der Waals surface area contributed by atoms with E-state index in [1.165, 1.54) is 0 Å². The molecule has 1 aromatic heterocycles. The number of primary amides is 1. The zero-order chi connectivity index (χ0) is 11.7. The number of H-pyrrole nitrogens is 1. The number of aromatic nitrogens is 2. The summed E-state index contributed by atoms with van der Waals surface area (Å²) in [6.45, 7) is 0. The Hall–Kier alpha value is -1.82. The summed E-state index contributed by atoms with van der Waals surface area (Å²) < 4.78 is 0.948. The number of halogens is 1. The predicted octanol–water partition coefficient (Wildman–Crippen LogP) is 1.52. The first-order chi connectivity index (χ1) is 7.59. The Balaban J connectivity index is 2.56. The lowest BCUT2D eigenvalue weighted by Crippen LogP contribution is -2.13. The van der Waals surface area contributed by atoms with Crippen molar-refractivity contribution >= 4 is 27.7 Å². The van der Waals surface area contributed by atoms with Gasteiger partial charge in [-0.3, -0.25) is 9.89 Å². The highest BCUT2D eigenvalue weighted by atomic mass is 79.9. The van der Waals surface area contributed by atoms with Gasteiger partial charge in [0.2, 0.25) is 0 Å². The second-order valence-corrected chi connectivity index (χ2v) is 4.15. The van der Waals surface area contributed by atoms with Gasteiger partial charge in [-0.15, -0.1) is 0 Å². The van der Waals surface area contributed by atoms with Gasteiger partial charge in [-0.2, -0.15) is 5.10 Å². The first-order valence-corrected chi connectivity index (χ1v) is 5.28. The molecule has 0 spiro atoms. The number of anilines is 1. The van der Waals surface area contributed by atoms with Gasteiger partial charge in [-0.25, -0.2) is 0 Å². The molecule has 6 heteroatoms. The number of rotatable bonds is 2. The van der Waals surface area contributed by atoms with Crippen molar-refractivity contribution in [3.8, 4) is 11.3 Å². The Morgan fingerprint density at radius 3 is 2.50 bits per heavy atom. The van der Waals surface area contributed by atoms with E-state index in [9.17, 15) is 4.79 Å². The van der Waals surface area contributed by atoms with Crippen LogP contribution in [0.1, 0.15) is 10.4 Å². The molecule has 0 fully saturated rings. The summed E-state index contributed by atoms with van der Waals surface area (Å²) in [6, 6.07) is 7.39. The molecule has 0 radical (unpaired) electrons. The average Bonchev–Trinajstić information content (AvgIpc) is 2.61. The summed E-state index contributed by atoms with van der Waals surface area (Å²) in [6.07, 6.45) is 0. The van der Waals surface area contributed by atoms with Gasteiger partial charge >= 0.3 is 0 Å². The molecule has 82 valence electrons. The molecule has 2 rings (SSSR count). The van der Waals surface area contributed by atoms with Gasteiger partial charge in [0.15, 0.2) is 5.82 Å². The van der Waals surface area contributed by atoms with E-state index in [0.717, 1.165) is 10.0 Å². The normalized spacial score (nSPS) is 10.3. The Labute approximate surface area is 100.0 Å². The summed E-state index contributed by atoms with van der Waals surface area (Å²) in [5, 5.41) is 6.48. The van der Waals surface area contributed by atoms with E-state index < -0.39 is 5.91 Å². The molecule has 0 unspecified atom stereocenters. The topological polar surface area (TPSA) is 97.8 Å². The quantitative estimate of drug-likeness (QED) is 0.778. The van der Waals surface area contributed by atoms with Crippen LogP contribution in [0.4, 0.5) is 5.82 Å². The van der Waals surface area contributed by atoms with Gasteiger partial charge in [-0.05, 0) is 12.1 Å². The van der Waals surface area contributed by atoms with E-state index in [1.807, 2.05) is 24.3 Å². The Bertz CT molecular complexity index is 532. The number of aromatic amines is 1. The van der Waals surface area contributed by atoms with E-state index in [4.69, 9.17) is 11.5 Å². The standard InChI is InChI=1S/C10H9BrN4O/c11-6-3-1-5(2-4-6)8-7(10(13)16)9(12)15-14-8/h1-4H,(H2,13,16)(H3,12,14,15). The molecule has 1 heterocycles. The molecule has 0 saturated carbocycles. The summed E-state index contributed by atoms with van der Waals surface area (Å²) in [5.41, 5.74) is 12.4. The number of nitrogens with two attached hydrogens (primary N) is 2. The average molecular weight is 281 g/mol. The Kier molecular flexibility index (Phi) is 2.66. The fourth-order valence-corrected chi connectivity index (χ4v) is 1.70. The fraction of sp³-hybridized carbons (Fsp3) is 0. The molecule has 0 aliphatic rings. The van der Waals surface area contributed by atoms with Crippen molar-refractivity contribution in [2.24, 2.45) is 5.73 Å². The smallest absolute Gasteiger partial charge is 0.254 e. The van der Waals surface area contributed by atoms with E-state index in [0.29, 0.717) is 5.69 Å². The Morgan fingerprint density at radius 2 is 1.94 bits per heavy atom. The van der Waals surface area contributed by atoms with E-state index in [-0.39, 0.29) is 11.4 Å². The molecule has 0 saturated heterocycles. The van der Waals surface area contributed by atoms with Crippen LogP contribution in [-0.4, -0.2) is 16.1 Å². The number of nitrogens with zero attached hydrogens (tertiary/aromatic N) is 1. The third kappa shape index (κ3) is 1.79. The second kappa shape index (κ2) is 3.97. The van der Waals surface area contributed by atoms with Crippen molar-refractivity contribution in [1.82, 2.24) is 10.2 Å². The minimum Gasteiger partial charge on any atom is -0.382 e. The lowest BCUT2D eigenvalue weighted by atomic mass is 10.1. The molecule has 1 aromatic carbocycles. The summed E-state index contributed by atoms with van der Waals surface area (Å²) in [7, 11) is 0. The molecule has 1 amide bonds. The number of hydrogen-bond donors (Lipinski definition) is 3. The molecule has 16 heavy (non-hydrogen) atoms. The van der Waals surface area contributed by atoms with Crippen molar-refractivity contribution in [2.75, 3.05) is 5.73 Å². The maximum Gasteiger partial charge on any atom is 0.254 e.